The van der Waals surface area contributed by atoms with Gasteiger partial charge in [-0.25, -0.2) is 4.98 Å². The molecule has 8 nitrogen and oxygen atoms in total. The Labute approximate surface area is 220 Å². The molecule has 2 aliphatic heterocycles. The maximum absolute atomic E-state index is 12.9. The summed E-state index contributed by atoms with van der Waals surface area (Å²) in [5, 5.41) is 13.0. The van der Waals surface area contributed by atoms with Gasteiger partial charge in [0.1, 0.15) is 5.75 Å². The minimum atomic E-state index is -0.0180. The standard InChI is InChI=1S/C28H28N6O2S/c1-36-23-8-4-19(5-9-23)24-10-11-26(32-31-24)33-14-12-21(13-15-33)27(35)29-22-6-2-20(3-7-22)25-18-34-16-17-37-28(34)30-25/h2-11,18,21H,12-17H2,1H3,(H,29,35). The van der Waals surface area contributed by atoms with Crippen LogP contribution in [0.15, 0.2) is 72.0 Å². The van der Waals surface area contributed by atoms with Gasteiger partial charge in [0.15, 0.2) is 11.0 Å². The Bertz CT molecular complexity index is 1360. The number of hydrogen-bond donors (Lipinski definition) is 1. The number of aromatic nitrogens is 4. The van der Waals surface area contributed by atoms with E-state index in [9.17, 15) is 4.79 Å². The summed E-state index contributed by atoms with van der Waals surface area (Å²) in [7, 11) is 1.65. The van der Waals surface area contributed by atoms with Gasteiger partial charge in [0.25, 0.3) is 0 Å². The second-order valence-electron chi connectivity index (χ2n) is 9.28. The van der Waals surface area contributed by atoms with Gasteiger partial charge >= 0.3 is 0 Å². The van der Waals surface area contributed by atoms with Crippen molar-refractivity contribution in [2.24, 2.45) is 5.92 Å². The predicted molar refractivity (Wildman–Crippen MR) is 146 cm³/mol. The van der Waals surface area contributed by atoms with E-state index in [4.69, 9.17) is 9.72 Å². The Hall–Kier alpha value is -3.85. The van der Waals surface area contributed by atoms with Crippen LogP contribution in [0, 0.1) is 5.92 Å². The Balaban J connectivity index is 1.02. The van der Waals surface area contributed by atoms with Crippen molar-refractivity contribution in [3.63, 3.8) is 0 Å². The molecule has 0 aliphatic carbocycles. The molecule has 4 aromatic rings. The highest BCUT2D eigenvalue weighted by molar-refractivity contribution is 7.99. The Morgan fingerprint density at radius 1 is 0.919 bits per heavy atom. The lowest BCUT2D eigenvalue weighted by molar-refractivity contribution is -0.120. The number of hydrogen-bond acceptors (Lipinski definition) is 7. The molecule has 6 rings (SSSR count). The lowest BCUT2D eigenvalue weighted by atomic mass is 9.95. The summed E-state index contributed by atoms with van der Waals surface area (Å²) >= 11 is 1.79. The van der Waals surface area contributed by atoms with Crippen molar-refractivity contribution in [3.05, 3.63) is 66.9 Å². The molecule has 2 aromatic carbocycles. The number of anilines is 2. The molecule has 188 valence electrons. The van der Waals surface area contributed by atoms with E-state index >= 15 is 0 Å². The number of ether oxygens (including phenoxy) is 1. The number of thioether (sulfide) groups is 1. The van der Waals surface area contributed by atoms with Crippen molar-refractivity contribution < 1.29 is 9.53 Å². The van der Waals surface area contributed by atoms with E-state index in [1.54, 1.807) is 18.9 Å². The highest BCUT2D eigenvalue weighted by atomic mass is 32.2. The monoisotopic (exact) mass is 512 g/mol. The number of aryl methyl sites for hydroxylation is 1. The largest absolute Gasteiger partial charge is 0.497 e. The second kappa shape index (κ2) is 10.3. The van der Waals surface area contributed by atoms with Crippen LogP contribution >= 0.6 is 11.8 Å². The zero-order valence-corrected chi connectivity index (χ0v) is 21.4. The van der Waals surface area contributed by atoms with Gasteiger partial charge in [0.2, 0.25) is 5.91 Å². The summed E-state index contributed by atoms with van der Waals surface area (Å²) in [6, 6.07) is 19.7. The average molecular weight is 513 g/mol. The van der Waals surface area contributed by atoms with Crippen molar-refractivity contribution in [1.82, 2.24) is 19.7 Å². The van der Waals surface area contributed by atoms with Gasteiger partial charge in [-0.05, 0) is 61.4 Å². The molecule has 1 saturated heterocycles. The first-order chi connectivity index (χ1) is 18.2. The van der Waals surface area contributed by atoms with E-state index in [1.807, 2.05) is 60.7 Å². The summed E-state index contributed by atoms with van der Waals surface area (Å²) < 4.78 is 7.42. The number of rotatable bonds is 6. The van der Waals surface area contributed by atoms with Gasteiger partial charge in [-0.3, -0.25) is 4.79 Å². The lowest BCUT2D eigenvalue weighted by Crippen LogP contribution is -2.38. The molecule has 2 aromatic heterocycles. The molecule has 1 fully saturated rings. The van der Waals surface area contributed by atoms with Crippen LogP contribution in [-0.4, -0.2) is 51.6 Å². The fraction of sp³-hybridized carbons (Fsp3) is 0.286. The van der Waals surface area contributed by atoms with Crippen molar-refractivity contribution in [2.45, 2.75) is 24.5 Å². The normalized spacial score (nSPS) is 15.4. The van der Waals surface area contributed by atoms with Gasteiger partial charge in [-0.1, -0.05) is 23.9 Å². The predicted octanol–water partition coefficient (Wildman–Crippen LogP) is 4.98. The number of fused-ring (bicyclic) bond motifs is 1. The molecule has 2 aliphatic rings. The number of carbonyl (C=O) groups excluding carboxylic acids is 1. The van der Waals surface area contributed by atoms with E-state index in [0.29, 0.717) is 0 Å². The first-order valence-corrected chi connectivity index (χ1v) is 13.5. The van der Waals surface area contributed by atoms with E-state index in [-0.39, 0.29) is 11.8 Å². The highest BCUT2D eigenvalue weighted by Gasteiger charge is 2.26. The Morgan fingerprint density at radius 2 is 1.65 bits per heavy atom. The number of methoxy groups -OCH3 is 1. The molecule has 0 atom stereocenters. The van der Waals surface area contributed by atoms with Crippen LogP contribution in [0.4, 0.5) is 11.5 Å². The molecule has 0 spiro atoms. The summed E-state index contributed by atoms with van der Waals surface area (Å²) in [4.78, 5) is 19.8. The number of nitrogens with zero attached hydrogens (tertiary/aromatic N) is 5. The van der Waals surface area contributed by atoms with Gasteiger partial charge in [-0.2, -0.15) is 0 Å². The summed E-state index contributed by atoms with van der Waals surface area (Å²) in [5.41, 5.74) is 4.68. The first-order valence-electron chi connectivity index (χ1n) is 12.5. The fourth-order valence-corrected chi connectivity index (χ4v) is 5.74. The van der Waals surface area contributed by atoms with Crippen LogP contribution in [-0.2, 0) is 11.3 Å². The van der Waals surface area contributed by atoms with E-state index in [1.165, 1.54) is 0 Å². The minimum Gasteiger partial charge on any atom is -0.497 e. The van der Waals surface area contributed by atoms with Crippen LogP contribution in [0.2, 0.25) is 0 Å². The number of piperidine rings is 1. The average Bonchev–Trinajstić information content (AvgIpc) is 3.57. The van der Waals surface area contributed by atoms with E-state index in [0.717, 1.165) is 83.2 Å². The molecule has 0 bridgehead atoms. The summed E-state index contributed by atoms with van der Waals surface area (Å²) in [5.74, 6) is 2.81. The smallest absolute Gasteiger partial charge is 0.227 e. The maximum Gasteiger partial charge on any atom is 0.227 e. The third-order valence-electron chi connectivity index (χ3n) is 6.98. The highest BCUT2D eigenvalue weighted by Crippen LogP contribution is 2.30. The Kier molecular flexibility index (Phi) is 6.53. The van der Waals surface area contributed by atoms with Gasteiger partial charge < -0.3 is 19.5 Å². The second-order valence-corrected chi connectivity index (χ2v) is 10.3. The number of imidazole rings is 1. The molecule has 0 radical (unpaired) electrons. The van der Waals surface area contributed by atoms with Crippen LogP contribution in [0.3, 0.4) is 0 Å². The molecule has 37 heavy (non-hydrogen) atoms. The minimum absolute atomic E-state index is 0.0180. The van der Waals surface area contributed by atoms with E-state index < -0.39 is 0 Å². The third-order valence-corrected chi connectivity index (χ3v) is 7.95. The maximum atomic E-state index is 12.9. The number of carbonyl (C=O) groups is 1. The van der Waals surface area contributed by atoms with Crippen molar-refractivity contribution in [1.29, 1.82) is 0 Å². The molecular formula is C28H28N6O2S. The van der Waals surface area contributed by atoms with Gasteiger partial charge in [-0.15, -0.1) is 10.2 Å². The molecule has 1 amide bonds. The third kappa shape index (κ3) is 5.04. The molecule has 4 heterocycles. The topological polar surface area (TPSA) is 85.2 Å². The van der Waals surface area contributed by atoms with Crippen LogP contribution in [0.25, 0.3) is 22.5 Å². The molecule has 0 unspecified atom stereocenters. The zero-order valence-electron chi connectivity index (χ0n) is 20.6. The van der Waals surface area contributed by atoms with Crippen molar-refractivity contribution in [3.8, 4) is 28.3 Å². The van der Waals surface area contributed by atoms with Gasteiger partial charge in [0.05, 0.1) is 18.5 Å². The fourth-order valence-electron chi connectivity index (χ4n) is 4.80. The summed E-state index contributed by atoms with van der Waals surface area (Å²) in [6.07, 6.45) is 3.67. The SMILES string of the molecule is COc1ccc(-c2ccc(N3CCC(C(=O)Nc4ccc(-c5cn6c(n5)SCC6)cc4)CC3)nn2)cc1. The van der Waals surface area contributed by atoms with Crippen LogP contribution in [0.5, 0.6) is 5.75 Å². The summed E-state index contributed by atoms with van der Waals surface area (Å²) in [6.45, 7) is 2.56. The number of benzene rings is 2. The molecular weight excluding hydrogens is 484 g/mol. The molecule has 0 saturated carbocycles. The first kappa shape index (κ1) is 23.5. The van der Waals surface area contributed by atoms with Crippen molar-refractivity contribution in [2.75, 3.05) is 36.2 Å². The van der Waals surface area contributed by atoms with Gasteiger partial charge in [0, 0.05) is 54.3 Å². The molecule has 9 heteroatoms. The van der Waals surface area contributed by atoms with E-state index in [2.05, 4.69) is 31.2 Å². The Morgan fingerprint density at radius 3 is 2.32 bits per heavy atom. The lowest BCUT2D eigenvalue weighted by Gasteiger charge is -2.31. The zero-order chi connectivity index (χ0) is 25.2. The van der Waals surface area contributed by atoms with Crippen molar-refractivity contribution >= 4 is 29.2 Å². The van der Waals surface area contributed by atoms with Crippen LogP contribution < -0.4 is 15.0 Å². The quantitative estimate of drug-likeness (QED) is 0.390. The number of nitrogens with one attached hydrogen (secondary N) is 1. The number of amides is 1. The molecule has 1 N–H and O–H groups in total. The van der Waals surface area contributed by atoms with Crippen LogP contribution in [0.1, 0.15) is 12.8 Å².